The zero-order chi connectivity index (χ0) is 6.91. The zero-order valence-corrected chi connectivity index (χ0v) is 5.64. The summed E-state index contributed by atoms with van der Waals surface area (Å²) in [4.78, 5) is 4.95. The van der Waals surface area contributed by atoms with Gasteiger partial charge in [0.05, 0.1) is 5.71 Å². The summed E-state index contributed by atoms with van der Waals surface area (Å²) in [6.07, 6.45) is 5.94. The van der Waals surface area contributed by atoms with Crippen molar-refractivity contribution in [2.45, 2.75) is 25.9 Å². The van der Waals surface area contributed by atoms with Gasteiger partial charge in [-0.05, 0) is 13.8 Å². The van der Waals surface area contributed by atoms with E-state index in [1.54, 1.807) is 0 Å². The molecule has 0 spiro atoms. The van der Waals surface area contributed by atoms with Crippen molar-refractivity contribution >= 4 is 5.71 Å². The first-order chi connectivity index (χ1) is 4.16. The Labute approximate surface area is 54.9 Å². The second kappa shape index (κ2) is 1.77. The lowest BCUT2D eigenvalue weighted by Crippen LogP contribution is -2.20. The van der Waals surface area contributed by atoms with Crippen molar-refractivity contribution in [1.29, 1.82) is 0 Å². The van der Waals surface area contributed by atoms with Gasteiger partial charge in [0.15, 0.2) is 5.60 Å². The van der Waals surface area contributed by atoms with E-state index >= 15 is 0 Å². The third-order valence-electron chi connectivity index (χ3n) is 1.30. The molecule has 0 amide bonds. The molecule has 1 unspecified atom stereocenters. The summed E-state index contributed by atoms with van der Waals surface area (Å²) in [5, 5.41) is 3.73. The van der Waals surface area contributed by atoms with Crippen LogP contribution in [0.5, 0.6) is 0 Å². The Bertz CT molecular complexity index is 190. The maximum atomic E-state index is 5.18. The molecule has 0 aromatic heterocycles. The van der Waals surface area contributed by atoms with Gasteiger partial charge in [-0.15, -0.1) is 6.42 Å². The smallest absolute Gasteiger partial charge is 0.199 e. The fourth-order valence-electron chi connectivity index (χ4n) is 0.809. The van der Waals surface area contributed by atoms with Crippen LogP contribution in [-0.2, 0) is 4.84 Å². The minimum atomic E-state index is -0.468. The molecule has 0 aromatic carbocycles. The van der Waals surface area contributed by atoms with Crippen LogP contribution >= 0.6 is 0 Å². The van der Waals surface area contributed by atoms with Crippen molar-refractivity contribution in [2.24, 2.45) is 5.16 Å². The molecule has 1 rings (SSSR count). The normalized spacial score (nSPS) is 32.8. The van der Waals surface area contributed by atoms with E-state index in [2.05, 4.69) is 11.1 Å². The molecule has 0 fully saturated rings. The fraction of sp³-hybridized carbons (Fsp3) is 0.571. The minimum Gasteiger partial charge on any atom is -0.376 e. The fourth-order valence-corrected chi connectivity index (χ4v) is 0.809. The third kappa shape index (κ3) is 1.05. The summed E-state index contributed by atoms with van der Waals surface area (Å²) in [6, 6.07) is 0. The van der Waals surface area contributed by atoms with Crippen molar-refractivity contribution in [3.8, 4) is 12.3 Å². The molecular formula is C7H9NO. The van der Waals surface area contributed by atoms with Gasteiger partial charge in [0.25, 0.3) is 0 Å². The van der Waals surface area contributed by atoms with Crippen LogP contribution in [0.3, 0.4) is 0 Å². The summed E-state index contributed by atoms with van der Waals surface area (Å²) in [6.45, 7) is 3.76. The van der Waals surface area contributed by atoms with Crippen molar-refractivity contribution in [3.63, 3.8) is 0 Å². The standard InChI is InChI=1S/C7H9NO/c1-4-7(3)5-6(2)8-9-7/h1H,5H2,2-3H3. The van der Waals surface area contributed by atoms with E-state index in [-0.39, 0.29) is 0 Å². The zero-order valence-electron chi connectivity index (χ0n) is 5.64. The largest absolute Gasteiger partial charge is 0.376 e. The lowest BCUT2D eigenvalue weighted by molar-refractivity contribution is 0.0443. The molecule has 48 valence electrons. The number of oxime groups is 1. The van der Waals surface area contributed by atoms with E-state index in [0.29, 0.717) is 0 Å². The van der Waals surface area contributed by atoms with Gasteiger partial charge in [0, 0.05) is 6.42 Å². The monoisotopic (exact) mass is 123 g/mol. The summed E-state index contributed by atoms with van der Waals surface area (Å²) in [5.41, 5.74) is 0.500. The maximum Gasteiger partial charge on any atom is 0.199 e. The Morgan fingerprint density at radius 3 is 2.78 bits per heavy atom. The van der Waals surface area contributed by atoms with Gasteiger partial charge in [0.1, 0.15) is 0 Å². The maximum absolute atomic E-state index is 5.18. The first-order valence-corrected chi connectivity index (χ1v) is 2.86. The molecule has 9 heavy (non-hydrogen) atoms. The van der Waals surface area contributed by atoms with Crippen LogP contribution in [-0.4, -0.2) is 11.3 Å². The van der Waals surface area contributed by atoms with E-state index in [1.165, 1.54) is 0 Å². The predicted octanol–water partition coefficient (Wildman–Crippen LogP) is 1.17. The van der Waals surface area contributed by atoms with Crippen molar-refractivity contribution in [3.05, 3.63) is 0 Å². The average Bonchev–Trinajstić information content (AvgIpc) is 2.13. The highest BCUT2D eigenvalue weighted by molar-refractivity contribution is 5.84. The van der Waals surface area contributed by atoms with Crippen molar-refractivity contribution in [1.82, 2.24) is 0 Å². The van der Waals surface area contributed by atoms with E-state index in [4.69, 9.17) is 11.3 Å². The molecule has 0 aromatic rings. The van der Waals surface area contributed by atoms with Gasteiger partial charge >= 0.3 is 0 Å². The molecule has 1 aliphatic rings. The van der Waals surface area contributed by atoms with Gasteiger partial charge in [-0.3, -0.25) is 0 Å². The summed E-state index contributed by atoms with van der Waals surface area (Å²) >= 11 is 0. The topological polar surface area (TPSA) is 21.6 Å². The van der Waals surface area contributed by atoms with Gasteiger partial charge < -0.3 is 4.84 Å². The number of hydrogen-bond donors (Lipinski definition) is 0. The summed E-state index contributed by atoms with van der Waals surface area (Å²) in [7, 11) is 0. The van der Waals surface area contributed by atoms with Crippen LogP contribution in [0.4, 0.5) is 0 Å². The molecular weight excluding hydrogens is 114 g/mol. The quantitative estimate of drug-likeness (QED) is 0.443. The van der Waals surface area contributed by atoms with E-state index < -0.39 is 5.60 Å². The Morgan fingerprint density at radius 2 is 2.56 bits per heavy atom. The second-order valence-corrected chi connectivity index (χ2v) is 2.47. The van der Waals surface area contributed by atoms with E-state index in [0.717, 1.165) is 12.1 Å². The summed E-state index contributed by atoms with van der Waals surface area (Å²) in [5.74, 6) is 2.53. The average molecular weight is 123 g/mol. The first-order valence-electron chi connectivity index (χ1n) is 2.86. The lowest BCUT2D eigenvalue weighted by Gasteiger charge is -2.11. The molecule has 2 nitrogen and oxygen atoms in total. The number of nitrogens with zero attached hydrogens (tertiary/aromatic N) is 1. The molecule has 1 heterocycles. The Kier molecular flexibility index (Phi) is 1.21. The lowest BCUT2D eigenvalue weighted by atomic mass is 10.0. The van der Waals surface area contributed by atoms with Gasteiger partial charge in [-0.2, -0.15) is 0 Å². The number of rotatable bonds is 0. The highest BCUT2D eigenvalue weighted by atomic mass is 16.7. The van der Waals surface area contributed by atoms with Crippen LogP contribution in [0.15, 0.2) is 5.16 Å². The molecule has 0 saturated carbocycles. The van der Waals surface area contributed by atoms with Crippen LogP contribution in [0.2, 0.25) is 0 Å². The SMILES string of the molecule is C#CC1(C)CC(C)=NO1. The van der Waals surface area contributed by atoms with Crippen molar-refractivity contribution in [2.75, 3.05) is 0 Å². The van der Waals surface area contributed by atoms with Crippen LogP contribution in [0, 0.1) is 12.3 Å². The highest BCUT2D eigenvalue weighted by Crippen LogP contribution is 2.21. The van der Waals surface area contributed by atoms with E-state index in [1.807, 2.05) is 13.8 Å². The van der Waals surface area contributed by atoms with Gasteiger partial charge in [-0.1, -0.05) is 11.1 Å². The molecule has 0 radical (unpaired) electrons. The Balaban J connectivity index is 2.67. The summed E-state index contributed by atoms with van der Waals surface area (Å²) < 4.78 is 0. The minimum absolute atomic E-state index is 0.468. The van der Waals surface area contributed by atoms with Gasteiger partial charge in [0.2, 0.25) is 0 Å². The van der Waals surface area contributed by atoms with Crippen LogP contribution in [0.25, 0.3) is 0 Å². The molecule has 0 saturated heterocycles. The molecule has 0 bridgehead atoms. The van der Waals surface area contributed by atoms with E-state index in [9.17, 15) is 0 Å². The Hall–Kier alpha value is -0.970. The molecule has 0 N–H and O–H groups in total. The number of terminal acetylenes is 1. The number of hydrogen-bond acceptors (Lipinski definition) is 2. The van der Waals surface area contributed by atoms with Gasteiger partial charge in [-0.25, -0.2) is 0 Å². The van der Waals surface area contributed by atoms with Crippen LogP contribution < -0.4 is 0 Å². The third-order valence-corrected chi connectivity index (χ3v) is 1.30. The molecule has 1 atom stereocenters. The predicted molar refractivity (Wildman–Crippen MR) is 36.0 cm³/mol. The molecule has 2 heteroatoms. The molecule has 0 aliphatic carbocycles. The van der Waals surface area contributed by atoms with Crippen LogP contribution in [0.1, 0.15) is 20.3 Å². The van der Waals surface area contributed by atoms with Crippen molar-refractivity contribution < 1.29 is 4.84 Å². The second-order valence-electron chi connectivity index (χ2n) is 2.47. The highest BCUT2D eigenvalue weighted by Gasteiger charge is 2.29. The molecule has 1 aliphatic heterocycles. The first kappa shape index (κ1) is 6.15. The Morgan fingerprint density at radius 1 is 1.89 bits per heavy atom.